The van der Waals surface area contributed by atoms with E-state index in [1.165, 1.54) is 12.3 Å². The second-order valence-corrected chi connectivity index (χ2v) is 4.50. The van der Waals surface area contributed by atoms with E-state index < -0.39 is 0 Å². The van der Waals surface area contributed by atoms with Crippen LogP contribution in [0, 0.1) is 6.92 Å². The molecular weight excluding hydrogens is 218 g/mol. The number of rotatable bonds is 1. The third kappa shape index (κ3) is 2.55. The monoisotopic (exact) mass is 235 g/mol. The number of amides is 1. The van der Waals surface area contributed by atoms with Crippen molar-refractivity contribution >= 4 is 5.91 Å². The molecule has 2 rings (SSSR count). The van der Waals surface area contributed by atoms with Crippen LogP contribution in [0.2, 0.25) is 0 Å². The number of carbonyl (C=O) groups is 1. The van der Waals surface area contributed by atoms with Gasteiger partial charge in [0.2, 0.25) is 5.56 Å². The Morgan fingerprint density at radius 2 is 2.29 bits per heavy atom. The maximum atomic E-state index is 12.3. The average Bonchev–Trinajstić information content (AvgIpc) is 2.28. The van der Waals surface area contributed by atoms with Crippen LogP contribution in [0.4, 0.5) is 0 Å². The molecule has 1 unspecified atom stereocenters. The number of nitrogens with one attached hydrogen (secondary N) is 2. The van der Waals surface area contributed by atoms with Crippen molar-refractivity contribution in [3.63, 3.8) is 0 Å². The Balaban J connectivity index is 2.21. The highest BCUT2D eigenvalue weighted by atomic mass is 16.2. The largest absolute Gasteiger partial charge is 0.336 e. The van der Waals surface area contributed by atoms with Crippen LogP contribution in [0.1, 0.15) is 22.8 Å². The second kappa shape index (κ2) is 4.71. The van der Waals surface area contributed by atoms with E-state index in [0.29, 0.717) is 24.7 Å². The molecule has 5 heteroatoms. The first-order valence-corrected chi connectivity index (χ1v) is 5.80. The fourth-order valence-corrected chi connectivity index (χ4v) is 2.09. The van der Waals surface area contributed by atoms with Gasteiger partial charge in [-0.25, -0.2) is 0 Å². The lowest BCUT2D eigenvalue weighted by molar-refractivity contribution is 0.0708. The molecule has 2 heterocycles. The summed E-state index contributed by atoms with van der Waals surface area (Å²) >= 11 is 0. The van der Waals surface area contributed by atoms with Crippen LogP contribution in [-0.2, 0) is 0 Å². The van der Waals surface area contributed by atoms with Gasteiger partial charge in [0.1, 0.15) is 0 Å². The van der Waals surface area contributed by atoms with Gasteiger partial charge >= 0.3 is 0 Å². The van der Waals surface area contributed by atoms with Crippen molar-refractivity contribution in [3.8, 4) is 0 Å². The minimum atomic E-state index is -0.173. The van der Waals surface area contributed by atoms with E-state index in [-0.39, 0.29) is 11.5 Å². The highest BCUT2D eigenvalue weighted by Gasteiger charge is 2.22. The molecule has 5 nitrogen and oxygen atoms in total. The Kier molecular flexibility index (Phi) is 3.28. The van der Waals surface area contributed by atoms with Gasteiger partial charge in [-0.1, -0.05) is 0 Å². The van der Waals surface area contributed by atoms with Gasteiger partial charge in [0.05, 0.1) is 5.56 Å². The molecule has 0 bridgehead atoms. The number of nitrogens with zero attached hydrogens (tertiary/aromatic N) is 1. The van der Waals surface area contributed by atoms with Crippen molar-refractivity contribution in [2.24, 2.45) is 0 Å². The van der Waals surface area contributed by atoms with Crippen molar-refractivity contribution in [2.45, 2.75) is 19.9 Å². The van der Waals surface area contributed by atoms with Gasteiger partial charge in [0.15, 0.2) is 0 Å². The third-order valence-corrected chi connectivity index (χ3v) is 3.02. The van der Waals surface area contributed by atoms with Crippen LogP contribution < -0.4 is 10.9 Å². The molecule has 0 aromatic carbocycles. The SMILES string of the molecule is Cc1cc(=O)[nH]cc1C(=O)N1CCNC(C)C1. The van der Waals surface area contributed by atoms with E-state index in [9.17, 15) is 9.59 Å². The molecule has 1 atom stereocenters. The Morgan fingerprint density at radius 3 is 2.94 bits per heavy atom. The molecule has 0 radical (unpaired) electrons. The molecule has 1 amide bonds. The van der Waals surface area contributed by atoms with Crippen LogP contribution in [0.25, 0.3) is 0 Å². The fourth-order valence-electron chi connectivity index (χ4n) is 2.09. The van der Waals surface area contributed by atoms with Gasteiger partial charge in [-0.05, 0) is 19.4 Å². The van der Waals surface area contributed by atoms with Gasteiger partial charge in [-0.3, -0.25) is 9.59 Å². The predicted octanol–water partition coefficient (Wildman–Crippen LogP) is 0.117. The molecule has 17 heavy (non-hydrogen) atoms. The van der Waals surface area contributed by atoms with Crippen molar-refractivity contribution < 1.29 is 4.79 Å². The van der Waals surface area contributed by atoms with Crippen LogP contribution in [0.15, 0.2) is 17.1 Å². The number of piperazine rings is 1. The lowest BCUT2D eigenvalue weighted by atomic mass is 10.1. The molecule has 1 saturated heterocycles. The number of pyridine rings is 1. The van der Waals surface area contributed by atoms with Gasteiger partial charge in [-0.2, -0.15) is 0 Å². The minimum Gasteiger partial charge on any atom is -0.336 e. The van der Waals surface area contributed by atoms with Gasteiger partial charge in [0, 0.05) is 37.9 Å². The second-order valence-electron chi connectivity index (χ2n) is 4.50. The molecule has 0 saturated carbocycles. The number of H-pyrrole nitrogens is 1. The number of aromatic amines is 1. The zero-order valence-electron chi connectivity index (χ0n) is 10.1. The zero-order chi connectivity index (χ0) is 12.4. The highest BCUT2D eigenvalue weighted by Crippen LogP contribution is 2.09. The molecule has 92 valence electrons. The highest BCUT2D eigenvalue weighted by molar-refractivity contribution is 5.95. The van der Waals surface area contributed by atoms with Crippen LogP contribution in [-0.4, -0.2) is 41.5 Å². The summed E-state index contributed by atoms with van der Waals surface area (Å²) in [5.41, 5.74) is 1.14. The third-order valence-electron chi connectivity index (χ3n) is 3.02. The summed E-state index contributed by atoms with van der Waals surface area (Å²) in [6.07, 6.45) is 1.51. The van der Waals surface area contributed by atoms with E-state index in [4.69, 9.17) is 0 Å². The number of hydrogen-bond acceptors (Lipinski definition) is 3. The maximum Gasteiger partial charge on any atom is 0.255 e. The molecule has 0 spiro atoms. The molecular formula is C12H17N3O2. The summed E-state index contributed by atoms with van der Waals surface area (Å²) < 4.78 is 0. The number of aryl methyl sites for hydroxylation is 1. The van der Waals surface area contributed by atoms with E-state index in [1.54, 1.807) is 6.92 Å². The molecule has 1 aliphatic heterocycles. The molecule has 1 aromatic rings. The Hall–Kier alpha value is -1.62. The summed E-state index contributed by atoms with van der Waals surface area (Å²) in [4.78, 5) is 27.7. The van der Waals surface area contributed by atoms with E-state index >= 15 is 0 Å². The smallest absolute Gasteiger partial charge is 0.255 e. The normalized spacial score (nSPS) is 20.4. The number of aromatic nitrogens is 1. The predicted molar refractivity (Wildman–Crippen MR) is 65.2 cm³/mol. The minimum absolute atomic E-state index is 0.00731. The van der Waals surface area contributed by atoms with Crippen molar-refractivity contribution in [3.05, 3.63) is 33.7 Å². The molecule has 2 N–H and O–H groups in total. The lowest BCUT2D eigenvalue weighted by Gasteiger charge is -2.32. The van der Waals surface area contributed by atoms with Gasteiger partial charge in [0.25, 0.3) is 5.91 Å². The summed E-state index contributed by atoms with van der Waals surface area (Å²) in [6.45, 7) is 6.07. The standard InChI is InChI=1S/C12H17N3O2/c1-8-5-11(16)14-6-10(8)12(17)15-4-3-13-9(2)7-15/h5-6,9,13H,3-4,7H2,1-2H3,(H,14,16). The number of carbonyl (C=O) groups excluding carboxylic acids is 1. The Morgan fingerprint density at radius 1 is 1.53 bits per heavy atom. The Bertz CT molecular complexity index is 481. The van der Waals surface area contributed by atoms with Crippen molar-refractivity contribution in [2.75, 3.05) is 19.6 Å². The van der Waals surface area contributed by atoms with Crippen molar-refractivity contribution in [1.29, 1.82) is 0 Å². The first-order chi connectivity index (χ1) is 8.08. The Labute approximate surface area is 99.8 Å². The van der Waals surface area contributed by atoms with Crippen LogP contribution >= 0.6 is 0 Å². The average molecular weight is 235 g/mol. The van der Waals surface area contributed by atoms with E-state index in [2.05, 4.69) is 17.2 Å². The first-order valence-electron chi connectivity index (χ1n) is 5.80. The van der Waals surface area contributed by atoms with Crippen LogP contribution in [0.5, 0.6) is 0 Å². The van der Waals surface area contributed by atoms with Gasteiger partial charge in [-0.15, -0.1) is 0 Å². The van der Waals surface area contributed by atoms with Crippen molar-refractivity contribution in [1.82, 2.24) is 15.2 Å². The number of hydrogen-bond donors (Lipinski definition) is 2. The summed E-state index contributed by atoms with van der Waals surface area (Å²) in [6, 6.07) is 1.77. The topological polar surface area (TPSA) is 65.2 Å². The molecule has 0 aliphatic carbocycles. The fraction of sp³-hybridized carbons (Fsp3) is 0.500. The van der Waals surface area contributed by atoms with Gasteiger partial charge < -0.3 is 15.2 Å². The molecule has 1 fully saturated rings. The molecule has 1 aromatic heterocycles. The summed E-state index contributed by atoms with van der Waals surface area (Å²) in [7, 11) is 0. The van der Waals surface area contributed by atoms with E-state index in [1.807, 2.05) is 4.90 Å². The van der Waals surface area contributed by atoms with Crippen LogP contribution in [0.3, 0.4) is 0 Å². The quantitative estimate of drug-likeness (QED) is 0.726. The zero-order valence-corrected chi connectivity index (χ0v) is 10.1. The lowest BCUT2D eigenvalue weighted by Crippen LogP contribution is -2.51. The first kappa shape index (κ1) is 11.9. The van der Waals surface area contributed by atoms with E-state index in [0.717, 1.165) is 12.1 Å². The molecule has 1 aliphatic rings. The summed E-state index contributed by atoms with van der Waals surface area (Å²) in [5, 5.41) is 3.29. The summed E-state index contributed by atoms with van der Waals surface area (Å²) in [5.74, 6) is -0.00731. The maximum absolute atomic E-state index is 12.3.